The lowest BCUT2D eigenvalue weighted by atomic mass is 10.0. The van der Waals surface area contributed by atoms with Crippen molar-refractivity contribution >= 4 is 27.5 Å². The van der Waals surface area contributed by atoms with E-state index in [9.17, 15) is 5.11 Å². The fourth-order valence-corrected chi connectivity index (χ4v) is 2.34. The van der Waals surface area contributed by atoms with Gasteiger partial charge in [0.05, 0.1) is 0 Å². The van der Waals surface area contributed by atoms with Crippen LogP contribution in [0.5, 0.6) is 0 Å². The summed E-state index contributed by atoms with van der Waals surface area (Å²) in [6.07, 6.45) is 2.62. The Morgan fingerprint density at radius 1 is 1.31 bits per heavy atom. The van der Waals surface area contributed by atoms with Crippen LogP contribution in [0.1, 0.15) is 17.2 Å². The van der Waals surface area contributed by atoms with Crippen molar-refractivity contribution in [2.45, 2.75) is 6.10 Å². The Bertz CT molecular complexity index is 490. The van der Waals surface area contributed by atoms with Crippen LogP contribution >= 0.6 is 27.5 Å². The van der Waals surface area contributed by atoms with E-state index in [4.69, 9.17) is 11.6 Å². The summed E-state index contributed by atoms with van der Waals surface area (Å²) in [5.41, 5.74) is 1.53. The zero-order chi connectivity index (χ0) is 11.5. The lowest BCUT2D eigenvalue weighted by Crippen LogP contribution is -2.00. The van der Waals surface area contributed by atoms with Gasteiger partial charge in [0.15, 0.2) is 0 Å². The van der Waals surface area contributed by atoms with Crippen LogP contribution in [0.25, 0.3) is 0 Å². The number of aliphatic hydroxyl groups is 1. The first-order chi connectivity index (χ1) is 7.68. The molecule has 1 aromatic heterocycles. The Morgan fingerprint density at radius 2 is 2.12 bits per heavy atom. The molecule has 0 spiro atoms. The highest BCUT2D eigenvalue weighted by Crippen LogP contribution is 2.30. The minimum atomic E-state index is -0.694. The first-order valence-corrected chi connectivity index (χ1v) is 5.88. The zero-order valence-corrected chi connectivity index (χ0v) is 10.6. The van der Waals surface area contributed by atoms with Crippen LogP contribution in [0.4, 0.5) is 0 Å². The molecule has 4 heteroatoms. The normalized spacial score (nSPS) is 12.4. The number of hydrogen-bond donors (Lipinski definition) is 1. The molecule has 0 bridgehead atoms. The van der Waals surface area contributed by atoms with Crippen molar-refractivity contribution in [1.29, 1.82) is 0 Å². The molecule has 1 atom stereocenters. The Labute approximate surface area is 107 Å². The largest absolute Gasteiger partial charge is 0.384 e. The molecule has 2 nitrogen and oxygen atoms in total. The van der Waals surface area contributed by atoms with E-state index in [1.54, 1.807) is 36.7 Å². The second kappa shape index (κ2) is 4.95. The Hall–Kier alpha value is -0.900. The predicted octanol–water partition coefficient (Wildman–Crippen LogP) is 3.58. The zero-order valence-electron chi connectivity index (χ0n) is 8.27. The van der Waals surface area contributed by atoms with Gasteiger partial charge in [-0.1, -0.05) is 39.7 Å². The van der Waals surface area contributed by atoms with E-state index in [1.165, 1.54) is 0 Å². The van der Waals surface area contributed by atoms with Gasteiger partial charge in [0.1, 0.15) is 6.10 Å². The maximum Gasteiger partial charge on any atom is 0.107 e. The molecule has 2 aromatic rings. The molecule has 0 aliphatic carbocycles. The van der Waals surface area contributed by atoms with E-state index in [-0.39, 0.29) is 0 Å². The number of rotatable bonds is 2. The van der Waals surface area contributed by atoms with Gasteiger partial charge in [0.2, 0.25) is 0 Å². The fourth-order valence-electron chi connectivity index (χ4n) is 1.44. The molecule has 0 amide bonds. The molecule has 1 heterocycles. The molecular weight excluding hydrogens is 289 g/mol. The van der Waals surface area contributed by atoms with Gasteiger partial charge in [-0.2, -0.15) is 0 Å². The van der Waals surface area contributed by atoms with E-state index < -0.39 is 6.10 Å². The highest BCUT2D eigenvalue weighted by Gasteiger charge is 2.13. The van der Waals surface area contributed by atoms with E-state index in [1.807, 2.05) is 6.07 Å². The average molecular weight is 299 g/mol. The molecule has 1 N–H and O–H groups in total. The van der Waals surface area contributed by atoms with Gasteiger partial charge in [-0.25, -0.2) is 0 Å². The predicted molar refractivity (Wildman–Crippen MR) is 67.5 cm³/mol. The number of aliphatic hydroxyl groups excluding tert-OH is 1. The standard InChI is InChI=1S/C12H9BrClNO/c13-11-6-9(14)3-4-10(11)12(16)8-2-1-5-15-7-8/h1-7,12,16H. The van der Waals surface area contributed by atoms with E-state index in [0.717, 1.165) is 15.6 Å². The molecule has 0 radical (unpaired) electrons. The summed E-state index contributed by atoms with van der Waals surface area (Å²) in [5, 5.41) is 10.8. The summed E-state index contributed by atoms with van der Waals surface area (Å²) >= 11 is 9.22. The summed E-state index contributed by atoms with van der Waals surface area (Å²) in [6, 6.07) is 8.93. The summed E-state index contributed by atoms with van der Waals surface area (Å²) in [7, 11) is 0. The van der Waals surface area contributed by atoms with E-state index in [2.05, 4.69) is 20.9 Å². The lowest BCUT2D eigenvalue weighted by Gasteiger charge is -2.12. The Balaban J connectivity index is 2.38. The molecule has 1 unspecified atom stereocenters. The van der Waals surface area contributed by atoms with Gasteiger partial charge in [-0.15, -0.1) is 0 Å². The van der Waals surface area contributed by atoms with E-state index >= 15 is 0 Å². The number of nitrogens with zero attached hydrogens (tertiary/aromatic N) is 1. The number of benzene rings is 1. The van der Waals surface area contributed by atoms with Crippen molar-refractivity contribution in [3.63, 3.8) is 0 Å². The van der Waals surface area contributed by atoms with Crippen molar-refractivity contribution in [3.05, 3.63) is 63.3 Å². The van der Waals surface area contributed by atoms with Crippen LogP contribution in [-0.2, 0) is 0 Å². The molecule has 0 saturated heterocycles. The SMILES string of the molecule is OC(c1cccnc1)c1ccc(Cl)cc1Br. The van der Waals surface area contributed by atoms with Crippen LogP contribution in [0, 0.1) is 0 Å². The van der Waals surface area contributed by atoms with Gasteiger partial charge in [-0.05, 0) is 23.8 Å². The molecular formula is C12H9BrClNO. The summed E-state index contributed by atoms with van der Waals surface area (Å²) in [5.74, 6) is 0. The first kappa shape index (κ1) is 11.6. The summed E-state index contributed by atoms with van der Waals surface area (Å²) in [6.45, 7) is 0. The third kappa shape index (κ3) is 2.43. The Morgan fingerprint density at radius 3 is 2.75 bits per heavy atom. The minimum absolute atomic E-state index is 0.633. The second-order valence-electron chi connectivity index (χ2n) is 3.35. The molecule has 82 valence electrons. The van der Waals surface area contributed by atoms with Gasteiger partial charge in [0.25, 0.3) is 0 Å². The smallest absolute Gasteiger partial charge is 0.107 e. The number of aromatic nitrogens is 1. The monoisotopic (exact) mass is 297 g/mol. The van der Waals surface area contributed by atoms with Crippen LogP contribution in [0.3, 0.4) is 0 Å². The highest BCUT2D eigenvalue weighted by atomic mass is 79.9. The summed E-state index contributed by atoms with van der Waals surface area (Å²) < 4.78 is 0.788. The van der Waals surface area contributed by atoms with Crippen molar-refractivity contribution in [1.82, 2.24) is 4.98 Å². The molecule has 1 aromatic carbocycles. The van der Waals surface area contributed by atoms with Gasteiger partial charge < -0.3 is 5.11 Å². The topological polar surface area (TPSA) is 33.1 Å². The molecule has 0 fully saturated rings. The average Bonchev–Trinajstić information content (AvgIpc) is 2.29. The quantitative estimate of drug-likeness (QED) is 0.919. The molecule has 16 heavy (non-hydrogen) atoms. The van der Waals surface area contributed by atoms with Crippen LogP contribution < -0.4 is 0 Å². The first-order valence-electron chi connectivity index (χ1n) is 4.71. The molecule has 0 aliphatic heterocycles. The van der Waals surface area contributed by atoms with Crippen molar-refractivity contribution < 1.29 is 5.11 Å². The van der Waals surface area contributed by atoms with Gasteiger partial charge >= 0.3 is 0 Å². The molecule has 0 aliphatic rings. The summed E-state index contributed by atoms with van der Waals surface area (Å²) in [4.78, 5) is 3.98. The fraction of sp³-hybridized carbons (Fsp3) is 0.0833. The van der Waals surface area contributed by atoms with Crippen molar-refractivity contribution in [2.75, 3.05) is 0 Å². The number of pyridine rings is 1. The van der Waals surface area contributed by atoms with E-state index in [0.29, 0.717) is 5.02 Å². The van der Waals surface area contributed by atoms with Gasteiger partial charge in [0, 0.05) is 27.5 Å². The van der Waals surface area contributed by atoms with Crippen molar-refractivity contribution in [2.24, 2.45) is 0 Å². The lowest BCUT2D eigenvalue weighted by molar-refractivity contribution is 0.219. The van der Waals surface area contributed by atoms with Crippen molar-refractivity contribution in [3.8, 4) is 0 Å². The van der Waals surface area contributed by atoms with Gasteiger partial charge in [-0.3, -0.25) is 4.98 Å². The minimum Gasteiger partial charge on any atom is -0.384 e. The maximum absolute atomic E-state index is 10.2. The number of hydrogen-bond acceptors (Lipinski definition) is 2. The molecule has 0 saturated carbocycles. The number of halogens is 2. The van der Waals surface area contributed by atoms with Crippen LogP contribution in [0.2, 0.25) is 5.02 Å². The maximum atomic E-state index is 10.2. The Kier molecular flexibility index (Phi) is 3.59. The second-order valence-corrected chi connectivity index (χ2v) is 4.65. The molecule has 2 rings (SSSR count). The highest BCUT2D eigenvalue weighted by molar-refractivity contribution is 9.10. The van der Waals surface area contributed by atoms with Crippen LogP contribution in [0.15, 0.2) is 47.2 Å². The van der Waals surface area contributed by atoms with Crippen LogP contribution in [-0.4, -0.2) is 10.1 Å². The third-order valence-electron chi connectivity index (χ3n) is 2.26. The third-order valence-corrected chi connectivity index (χ3v) is 3.18.